The van der Waals surface area contributed by atoms with E-state index in [2.05, 4.69) is 13.8 Å². The molecule has 0 fully saturated rings. The minimum Gasteiger partial charge on any atom is -0.298 e. The Balaban J connectivity index is 2.42. The number of benzene rings is 2. The van der Waals surface area contributed by atoms with Crippen LogP contribution in [0.1, 0.15) is 42.1 Å². The fourth-order valence-corrected chi connectivity index (χ4v) is 2.11. The van der Waals surface area contributed by atoms with E-state index in [-0.39, 0.29) is 5.82 Å². The maximum atomic E-state index is 13.3. The summed E-state index contributed by atoms with van der Waals surface area (Å²) in [4.78, 5) is 11.0. The summed E-state index contributed by atoms with van der Waals surface area (Å²) in [6, 6.07) is 12.2. The van der Waals surface area contributed by atoms with Gasteiger partial charge in [-0.15, -0.1) is 0 Å². The number of hydrogen-bond acceptors (Lipinski definition) is 1. The monoisotopic (exact) mass is 256 g/mol. The molecule has 1 atom stereocenters. The fourth-order valence-electron chi connectivity index (χ4n) is 2.11. The lowest BCUT2D eigenvalue weighted by molar-refractivity contribution is 0.112. The smallest absolute Gasteiger partial charge is 0.150 e. The second-order valence-corrected chi connectivity index (χ2v) is 4.78. The van der Waals surface area contributed by atoms with Crippen LogP contribution in [0, 0.1) is 5.82 Å². The van der Waals surface area contributed by atoms with Gasteiger partial charge in [0.25, 0.3) is 0 Å². The van der Waals surface area contributed by atoms with Crippen LogP contribution in [-0.2, 0) is 0 Å². The highest BCUT2D eigenvalue weighted by molar-refractivity contribution is 5.87. The molecule has 0 heterocycles. The molecule has 0 saturated carbocycles. The predicted molar refractivity (Wildman–Crippen MR) is 75.9 cm³/mol. The molecule has 1 nitrogen and oxygen atoms in total. The first-order valence-corrected chi connectivity index (χ1v) is 6.50. The summed E-state index contributed by atoms with van der Waals surface area (Å²) in [5.74, 6) is 0.179. The Morgan fingerprint density at radius 2 is 1.84 bits per heavy atom. The molecule has 2 aromatic rings. The zero-order valence-corrected chi connectivity index (χ0v) is 11.2. The summed E-state index contributed by atoms with van der Waals surface area (Å²) in [6.45, 7) is 4.32. The van der Waals surface area contributed by atoms with Crippen molar-refractivity contribution >= 4 is 6.29 Å². The second-order valence-electron chi connectivity index (χ2n) is 4.78. The molecule has 0 spiro atoms. The largest absolute Gasteiger partial charge is 0.298 e. The van der Waals surface area contributed by atoms with Crippen LogP contribution in [0.5, 0.6) is 0 Å². The summed E-state index contributed by atoms with van der Waals surface area (Å²) < 4.78 is 13.3. The van der Waals surface area contributed by atoms with Crippen LogP contribution in [0.3, 0.4) is 0 Å². The van der Waals surface area contributed by atoms with E-state index < -0.39 is 0 Å². The summed E-state index contributed by atoms with van der Waals surface area (Å²) >= 11 is 0. The Morgan fingerprint density at radius 1 is 1.16 bits per heavy atom. The first-order chi connectivity index (χ1) is 9.15. The minimum absolute atomic E-state index is 0.327. The van der Waals surface area contributed by atoms with Gasteiger partial charge in [-0.25, -0.2) is 4.39 Å². The van der Waals surface area contributed by atoms with E-state index in [4.69, 9.17) is 0 Å². The molecule has 2 aromatic carbocycles. The highest BCUT2D eigenvalue weighted by atomic mass is 19.1. The van der Waals surface area contributed by atoms with Crippen LogP contribution in [0.2, 0.25) is 0 Å². The molecule has 0 aliphatic rings. The molecule has 0 N–H and O–H groups in total. The van der Waals surface area contributed by atoms with Gasteiger partial charge in [0.2, 0.25) is 0 Å². The van der Waals surface area contributed by atoms with Crippen molar-refractivity contribution in [1.82, 2.24) is 0 Å². The van der Waals surface area contributed by atoms with E-state index in [1.165, 1.54) is 23.8 Å². The van der Waals surface area contributed by atoms with Crippen LogP contribution in [0.4, 0.5) is 4.39 Å². The van der Waals surface area contributed by atoms with Gasteiger partial charge in [0, 0.05) is 5.56 Å². The van der Waals surface area contributed by atoms with Crippen molar-refractivity contribution < 1.29 is 9.18 Å². The Bertz CT molecular complexity index is 572. The van der Waals surface area contributed by atoms with Crippen molar-refractivity contribution in [2.45, 2.75) is 26.2 Å². The molecule has 19 heavy (non-hydrogen) atoms. The summed E-state index contributed by atoms with van der Waals surface area (Å²) in [5, 5.41) is 0. The maximum Gasteiger partial charge on any atom is 0.150 e. The number of hydrogen-bond donors (Lipinski definition) is 0. The molecule has 0 radical (unpaired) electrons. The maximum absolute atomic E-state index is 13.3. The molecule has 0 amide bonds. The van der Waals surface area contributed by atoms with Gasteiger partial charge in [0.05, 0.1) is 0 Å². The van der Waals surface area contributed by atoms with Crippen LogP contribution < -0.4 is 0 Å². The van der Waals surface area contributed by atoms with Crippen LogP contribution >= 0.6 is 0 Å². The van der Waals surface area contributed by atoms with Gasteiger partial charge >= 0.3 is 0 Å². The van der Waals surface area contributed by atoms with E-state index in [0.717, 1.165) is 18.3 Å². The van der Waals surface area contributed by atoms with Crippen molar-refractivity contribution in [2.75, 3.05) is 0 Å². The van der Waals surface area contributed by atoms with Gasteiger partial charge in [-0.2, -0.15) is 0 Å². The SMILES string of the molecule is CCC(C)c1ccc(-c2cc(F)ccc2C=O)cc1. The molecular formula is C17H17FO. The van der Waals surface area contributed by atoms with Crippen molar-refractivity contribution in [3.8, 4) is 11.1 Å². The third-order valence-electron chi connectivity index (χ3n) is 3.55. The first kappa shape index (κ1) is 13.5. The van der Waals surface area contributed by atoms with Gasteiger partial charge in [-0.3, -0.25) is 4.79 Å². The van der Waals surface area contributed by atoms with E-state index >= 15 is 0 Å². The standard InChI is InChI=1S/C17H17FO/c1-3-12(2)13-4-6-14(7-5-13)17-10-16(18)9-8-15(17)11-19/h4-12H,3H2,1-2H3. The van der Waals surface area contributed by atoms with Crippen molar-refractivity contribution in [3.05, 3.63) is 59.4 Å². The summed E-state index contributed by atoms with van der Waals surface area (Å²) in [6.07, 6.45) is 1.84. The summed E-state index contributed by atoms with van der Waals surface area (Å²) in [7, 11) is 0. The molecule has 98 valence electrons. The lowest BCUT2D eigenvalue weighted by atomic mass is 9.94. The van der Waals surface area contributed by atoms with Gasteiger partial charge in [0.1, 0.15) is 5.82 Å². The lowest BCUT2D eigenvalue weighted by Crippen LogP contribution is -1.92. The molecule has 2 heteroatoms. The van der Waals surface area contributed by atoms with Crippen LogP contribution in [0.25, 0.3) is 11.1 Å². The lowest BCUT2D eigenvalue weighted by Gasteiger charge is -2.11. The molecule has 0 aromatic heterocycles. The highest BCUT2D eigenvalue weighted by Gasteiger charge is 2.08. The van der Waals surface area contributed by atoms with Crippen LogP contribution in [-0.4, -0.2) is 6.29 Å². The predicted octanol–water partition coefficient (Wildman–Crippen LogP) is 4.82. The summed E-state index contributed by atoms with van der Waals surface area (Å²) in [5.41, 5.74) is 3.28. The molecule has 0 saturated heterocycles. The van der Waals surface area contributed by atoms with Crippen molar-refractivity contribution in [3.63, 3.8) is 0 Å². The molecule has 0 bridgehead atoms. The quantitative estimate of drug-likeness (QED) is 0.717. The van der Waals surface area contributed by atoms with E-state index in [1.54, 1.807) is 0 Å². The highest BCUT2D eigenvalue weighted by Crippen LogP contribution is 2.26. The Labute approximate surface area is 113 Å². The third kappa shape index (κ3) is 2.90. The number of aldehydes is 1. The zero-order chi connectivity index (χ0) is 13.8. The normalized spacial score (nSPS) is 12.2. The molecule has 0 aliphatic heterocycles. The molecular weight excluding hydrogens is 239 g/mol. The number of carbonyl (C=O) groups excluding carboxylic acids is 1. The van der Waals surface area contributed by atoms with Crippen LogP contribution in [0.15, 0.2) is 42.5 Å². The van der Waals surface area contributed by atoms with E-state index in [9.17, 15) is 9.18 Å². The topological polar surface area (TPSA) is 17.1 Å². The van der Waals surface area contributed by atoms with Crippen molar-refractivity contribution in [2.24, 2.45) is 0 Å². The Kier molecular flexibility index (Phi) is 4.10. The van der Waals surface area contributed by atoms with Gasteiger partial charge in [-0.1, -0.05) is 38.1 Å². The number of halogens is 1. The Hall–Kier alpha value is -1.96. The molecule has 1 unspecified atom stereocenters. The van der Waals surface area contributed by atoms with Gasteiger partial charge < -0.3 is 0 Å². The zero-order valence-electron chi connectivity index (χ0n) is 11.2. The van der Waals surface area contributed by atoms with Gasteiger partial charge in [-0.05, 0) is 47.2 Å². The molecule has 2 rings (SSSR count). The third-order valence-corrected chi connectivity index (χ3v) is 3.55. The first-order valence-electron chi connectivity index (χ1n) is 6.50. The second kappa shape index (κ2) is 5.79. The van der Waals surface area contributed by atoms with E-state index in [0.29, 0.717) is 17.0 Å². The number of rotatable bonds is 4. The number of carbonyl (C=O) groups is 1. The molecule has 0 aliphatic carbocycles. The average Bonchev–Trinajstić information content (AvgIpc) is 2.46. The van der Waals surface area contributed by atoms with Crippen molar-refractivity contribution in [1.29, 1.82) is 0 Å². The Morgan fingerprint density at radius 3 is 2.42 bits per heavy atom. The van der Waals surface area contributed by atoms with Gasteiger partial charge in [0.15, 0.2) is 6.29 Å². The average molecular weight is 256 g/mol. The minimum atomic E-state index is -0.327. The fraction of sp³-hybridized carbons (Fsp3) is 0.235. The van der Waals surface area contributed by atoms with E-state index in [1.807, 2.05) is 24.3 Å².